The monoisotopic (exact) mass is 264 g/mol. The molecule has 0 unspecified atom stereocenters. The minimum absolute atomic E-state index is 0.0149. The number of carbonyl (C=O) groups is 1. The zero-order valence-electron chi connectivity index (χ0n) is 11.8. The van der Waals surface area contributed by atoms with Gasteiger partial charge in [0.05, 0.1) is 32.0 Å². The van der Waals surface area contributed by atoms with Gasteiger partial charge in [-0.1, -0.05) is 0 Å². The maximum Gasteiger partial charge on any atom is 0.239 e. The summed E-state index contributed by atoms with van der Waals surface area (Å²) < 4.78 is 10.6. The average Bonchev–Trinajstić information content (AvgIpc) is 2.35. The van der Waals surface area contributed by atoms with Crippen molar-refractivity contribution in [2.24, 2.45) is 0 Å². The Labute approximate surface area is 113 Å². The summed E-state index contributed by atoms with van der Waals surface area (Å²) in [5.41, 5.74) is 0.619. The van der Waals surface area contributed by atoms with Gasteiger partial charge in [0, 0.05) is 12.6 Å². The van der Waals surface area contributed by atoms with Crippen molar-refractivity contribution in [1.82, 2.24) is 5.32 Å². The largest absolute Gasteiger partial charge is 0.497 e. The Morgan fingerprint density at radius 1 is 1.26 bits per heavy atom. The molecule has 19 heavy (non-hydrogen) atoms. The van der Waals surface area contributed by atoms with Gasteiger partial charge < -0.3 is 19.7 Å². The van der Waals surface area contributed by atoms with Gasteiger partial charge in [-0.25, -0.2) is 0 Å². The number of benzene rings is 1. The lowest BCUT2D eigenvalue weighted by Crippen LogP contribution is -2.60. The Kier molecular flexibility index (Phi) is 3.55. The molecule has 0 aliphatic carbocycles. The van der Waals surface area contributed by atoms with Gasteiger partial charge in [0.15, 0.2) is 0 Å². The normalized spacial score (nSPS) is 17.9. The smallest absolute Gasteiger partial charge is 0.239 e. The Morgan fingerprint density at radius 2 is 2.00 bits per heavy atom. The van der Waals surface area contributed by atoms with E-state index in [1.165, 1.54) is 0 Å². The van der Waals surface area contributed by atoms with Gasteiger partial charge in [-0.05, 0) is 26.0 Å². The number of amides is 1. The van der Waals surface area contributed by atoms with E-state index < -0.39 is 0 Å². The summed E-state index contributed by atoms with van der Waals surface area (Å²) in [6, 6.07) is 5.60. The molecule has 1 N–H and O–H groups in total. The Bertz CT molecular complexity index is 486. The van der Waals surface area contributed by atoms with E-state index in [9.17, 15) is 4.79 Å². The number of hydrogen-bond donors (Lipinski definition) is 1. The summed E-state index contributed by atoms with van der Waals surface area (Å²) in [6.07, 6.45) is 0. The van der Waals surface area contributed by atoms with Crippen LogP contribution in [0, 0.1) is 0 Å². The van der Waals surface area contributed by atoms with E-state index in [0.29, 0.717) is 6.54 Å². The number of rotatable bonds is 3. The van der Waals surface area contributed by atoms with E-state index in [-0.39, 0.29) is 11.4 Å². The molecule has 5 nitrogen and oxygen atoms in total. The fourth-order valence-electron chi connectivity index (χ4n) is 2.38. The van der Waals surface area contributed by atoms with E-state index in [2.05, 4.69) is 5.32 Å². The molecule has 1 heterocycles. The summed E-state index contributed by atoms with van der Waals surface area (Å²) in [6.45, 7) is 5.06. The van der Waals surface area contributed by atoms with Crippen LogP contribution in [0.4, 0.5) is 5.69 Å². The van der Waals surface area contributed by atoms with E-state index >= 15 is 0 Å². The molecule has 1 aliphatic rings. The first kappa shape index (κ1) is 13.5. The number of anilines is 1. The van der Waals surface area contributed by atoms with E-state index in [4.69, 9.17) is 9.47 Å². The van der Waals surface area contributed by atoms with Crippen LogP contribution in [-0.2, 0) is 4.79 Å². The van der Waals surface area contributed by atoms with Crippen molar-refractivity contribution in [2.75, 3.05) is 32.2 Å². The summed E-state index contributed by atoms with van der Waals surface area (Å²) in [5, 5.41) is 2.97. The van der Waals surface area contributed by atoms with Crippen molar-refractivity contribution in [3.05, 3.63) is 18.2 Å². The number of nitrogens with one attached hydrogen (secondary N) is 1. The van der Waals surface area contributed by atoms with E-state index in [1.54, 1.807) is 14.2 Å². The molecule has 2 rings (SSSR count). The van der Waals surface area contributed by atoms with Crippen molar-refractivity contribution < 1.29 is 14.3 Å². The molecular formula is C14H20N2O3. The predicted octanol–water partition coefficient (Wildman–Crippen LogP) is 1.42. The molecule has 1 fully saturated rings. The highest BCUT2D eigenvalue weighted by atomic mass is 16.5. The van der Waals surface area contributed by atoms with Crippen LogP contribution in [0.25, 0.3) is 0 Å². The molecule has 1 amide bonds. The van der Waals surface area contributed by atoms with Gasteiger partial charge in [-0.15, -0.1) is 0 Å². The van der Waals surface area contributed by atoms with Crippen molar-refractivity contribution in [3.8, 4) is 11.5 Å². The average molecular weight is 264 g/mol. The first-order valence-electron chi connectivity index (χ1n) is 6.23. The Hall–Kier alpha value is -1.91. The Balaban J connectivity index is 2.36. The zero-order valence-corrected chi connectivity index (χ0v) is 11.8. The number of piperazine rings is 1. The van der Waals surface area contributed by atoms with Crippen LogP contribution in [-0.4, -0.2) is 38.8 Å². The molecule has 1 aromatic carbocycles. The molecule has 0 aromatic heterocycles. The lowest BCUT2D eigenvalue weighted by atomic mass is 10.0. The third kappa shape index (κ3) is 2.92. The fourth-order valence-corrected chi connectivity index (χ4v) is 2.38. The minimum atomic E-state index is -0.260. The van der Waals surface area contributed by atoms with E-state index in [0.717, 1.165) is 23.7 Å². The lowest BCUT2D eigenvalue weighted by Gasteiger charge is -2.40. The fraction of sp³-hybridized carbons (Fsp3) is 0.500. The first-order chi connectivity index (χ1) is 8.95. The predicted molar refractivity (Wildman–Crippen MR) is 74.0 cm³/mol. The van der Waals surface area contributed by atoms with Crippen LogP contribution in [0.1, 0.15) is 13.8 Å². The molecule has 0 saturated carbocycles. The third-order valence-electron chi connectivity index (χ3n) is 3.13. The molecule has 1 aliphatic heterocycles. The van der Waals surface area contributed by atoms with Crippen molar-refractivity contribution >= 4 is 11.6 Å². The number of nitrogens with zero attached hydrogens (tertiary/aromatic N) is 1. The van der Waals surface area contributed by atoms with Gasteiger partial charge in [0.2, 0.25) is 5.91 Å². The van der Waals surface area contributed by atoms with Gasteiger partial charge in [-0.2, -0.15) is 0 Å². The van der Waals surface area contributed by atoms with Crippen LogP contribution in [0.2, 0.25) is 0 Å². The number of carbonyl (C=O) groups excluding carboxylic acids is 1. The highest BCUT2D eigenvalue weighted by Crippen LogP contribution is 2.33. The minimum Gasteiger partial charge on any atom is -0.497 e. The molecule has 1 aromatic rings. The zero-order chi connectivity index (χ0) is 14.0. The SMILES string of the molecule is COc1ccc(OC)c(N2CC(=O)NC(C)(C)C2)c1. The van der Waals surface area contributed by atoms with Crippen molar-refractivity contribution in [3.63, 3.8) is 0 Å². The Morgan fingerprint density at radius 3 is 2.58 bits per heavy atom. The molecule has 104 valence electrons. The highest BCUT2D eigenvalue weighted by molar-refractivity contribution is 5.84. The maximum atomic E-state index is 11.8. The molecule has 0 spiro atoms. The number of hydrogen-bond acceptors (Lipinski definition) is 4. The van der Waals surface area contributed by atoms with Gasteiger partial charge in [0.25, 0.3) is 0 Å². The van der Waals surface area contributed by atoms with Gasteiger partial charge in [0.1, 0.15) is 11.5 Å². The van der Waals surface area contributed by atoms with Crippen molar-refractivity contribution in [1.29, 1.82) is 0 Å². The van der Waals surface area contributed by atoms with Crippen LogP contribution in [0.15, 0.2) is 18.2 Å². The summed E-state index contributed by atoms with van der Waals surface area (Å²) in [4.78, 5) is 13.8. The summed E-state index contributed by atoms with van der Waals surface area (Å²) in [5.74, 6) is 1.51. The van der Waals surface area contributed by atoms with Crippen LogP contribution in [0.5, 0.6) is 11.5 Å². The second-order valence-electron chi connectivity index (χ2n) is 5.33. The second-order valence-corrected chi connectivity index (χ2v) is 5.33. The van der Waals surface area contributed by atoms with E-state index in [1.807, 2.05) is 36.9 Å². The summed E-state index contributed by atoms with van der Waals surface area (Å²) in [7, 11) is 3.25. The molecule has 0 bridgehead atoms. The number of methoxy groups -OCH3 is 2. The van der Waals surface area contributed by atoms with Crippen LogP contribution < -0.4 is 19.7 Å². The van der Waals surface area contributed by atoms with Crippen LogP contribution in [0.3, 0.4) is 0 Å². The maximum absolute atomic E-state index is 11.8. The highest BCUT2D eigenvalue weighted by Gasteiger charge is 2.31. The second kappa shape index (κ2) is 4.99. The standard InChI is InChI=1S/C14H20N2O3/c1-14(2)9-16(8-13(17)15-14)11-7-10(18-3)5-6-12(11)19-4/h5-7H,8-9H2,1-4H3,(H,15,17). The topological polar surface area (TPSA) is 50.8 Å². The van der Waals surface area contributed by atoms with Gasteiger partial charge >= 0.3 is 0 Å². The molecule has 0 atom stereocenters. The molecular weight excluding hydrogens is 244 g/mol. The van der Waals surface area contributed by atoms with Crippen molar-refractivity contribution in [2.45, 2.75) is 19.4 Å². The molecule has 1 saturated heterocycles. The quantitative estimate of drug-likeness (QED) is 0.897. The number of ether oxygens (including phenoxy) is 2. The lowest BCUT2D eigenvalue weighted by molar-refractivity contribution is -0.122. The summed E-state index contributed by atoms with van der Waals surface area (Å²) >= 11 is 0. The van der Waals surface area contributed by atoms with Crippen LogP contribution >= 0.6 is 0 Å². The first-order valence-corrected chi connectivity index (χ1v) is 6.23. The molecule has 5 heteroatoms. The van der Waals surface area contributed by atoms with Gasteiger partial charge in [-0.3, -0.25) is 4.79 Å². The molecule has 0 radical (unpaired) electrons. The third-order valence-corrected chi connectivity index (χ3v) is 3.13.